The normalized spacial score (nSPS) is 9.46. The summed E-state index contributed by atoms with van der Waals surface area (Å²) in [7, 11) is 0. The highest BCUT2D eigenvalue weighted by Crippen LogP contribution is 2.09. The van der Waals surface area contributed by atoms with Crippen LogP contribution < -0.4 is 0 Å². The Balaban J connectivity index is 0.000000310. The molecule has 0 fully saturated rings. The van der Waals surface area contributed by atoms with E-state index in [4.69, 9.17) is 0 Å². The summed E-state index contributed by atoms with van der Waals surface area (Å²) < 4.78 is 20.2. The summed E-state index contributed by atoms with van der Waals surface area (Å²) in [4.78, 5) is 0. The van der Waals surface area contributed by atoms with Crippen molar-refractivity contribution >= 4 is 11.6 Å². The molecule has 0 saturated heterocycles. The fourth-order valence-electron chi connectivity index (χ4n) is 0.898. The number of halogens is 3. The number of benzene rings is 1. The van der Waals surface area contributed by atoms with Gasteiger partial charge in [0.2, 0.25) is 0 Å². The van der Waals surface area contributed by atoms with E-state index in [0.29, 0.717) is 0 Å². The molecule has 0 heterocycles. The molecule has 0 radical (unpaired) electrons. The third-order valence-corrected chi connectivity index (χ3v) is 1.88. The zero-order valence-electron chi connectivity index (χ0n) is 7.94. The van der Waals surface area contributed by atoms with E-state index in [1.54, 1.807) is 0 Å². The second-order valence-corrected chi connectivity index (χ2v) is 3.09. The summed E-state index contributed by atoms with van der Waals surface area (Å²) in [6.45, 7) is 6.44. The summed E-state index contributed by atoms with van der Waals surface area (Å²) in [5.74, 6) is -2.69. The smallest absolute Gasteiger partial charge is 0.192 e. The molecule has 1 aromatic rings. The van der Waals surface area contributed by atoms with E-state index in [2.05, 4.69) is 50.6 Å². The summed E-state index contributed by atoms with van der Waals surface area (Å²) in [6.07, 6.45) is 0. The van der Waals surface area contributed by atoms with Gasteiger partial charge in [0.1, 0.15) is 0 Å². The second kappa shape index (κ2) is 5.92. The van der Waals surface area contributed by atoms with Gasteiger partial charge in [0, 0.05) is 0 Å². The number of hydrogen-bond acceptors (Lipinski definition) is 0. The minimum Gasteiger partial charge on any atom is -0.192 e. The van der Waals surface area contributed by atoms with Crippen molar-refractivity contribution in [2.24, 2.45) is 0 Å². The van der Waals surface area contributed by atoms with Gasteiger partial charge in [-0.05, 0) is 37.5 Å². The molecule has 0 saturated carbocycles. The third-order valence-electron chi connectivity index (χ3n) is 1.88. The van der Waals surface area contributed by atoms with E-state index in [-0.39, 0.29) is 0 Å². The Morgan fingerprint density at radius 1 is 1.08 bits per heavy atom. The maximum Gasteiger partial charge on any atom is 0.312 e. The molecule has 0 spiro atoms. The molecule has 1 aromatic carbocycles. The maximum atomic E-state index is 10.1. The van der Waals surface area contributed by atoms with Gasteiger partial charge >= 0.3 is 5.88 Å². The maximum absolute atomic E-state index is 10.1. The number of rotatable bonds is 0. The molecule has 0 unspecified atom stereocenters. The van der Waals surface area contributed by atoms with Crippen molar-refractivity contribution in [1.82, 2.24) is 0 Å². The largest absolute Gasteiger partial charge is 0.312 e. The van der Waals surface area contributed by atoms with E-state index in [0.717, 1.165) is 0 Å². The van der Waals surface area contributed by atoms with Crippen LogP contribution in [0.5, 0.6) is 0 Å². The van der Waals surface area contributed by atoms with Crippen LogP contribution in [0.25, 0.3) is 0 Å². The fourth-order valence-corrected chi connectivity index (χ4v) is 0.898. The van der Waals surface area contributed by atoms with Gasteiger partial charge in [-0.3, -0.25) is 0 Å². The van der Waals surface area contributed by atoms with Crippen molar-refractivity contribution in [2.45, 2.75) is 26.7 Å². The summed E-state index contributed by atoms with van der Waals surface area (Å²) in [5.41, 5.74) is 4.18. The molecule has 0 amide bonds. The predicted octanol–water partition coefficient (Wildman–Crippen LogP) is 4.06. The van der Waals surface area contributed by atoms with Gasteiger partial charge in [0.15, 0.2) is 0 Å². The number of alkyl halides is 3. The van der Waals surface area contributed by atoms with Crippen LogP contribution in [0, 0.1) is 20.8 Å². The molecule has 0 N–H and O–H groups in total. The van der Waals surface area contributed by atoms with Gasteiger partial charge < -0.3 is 0 Å². The monoisotopic (exact) mass is 206 g/mol. The summed E-state index contributed by atoms with van der Waals surface area (Å²) >= 11 is 3.94. The first-order chi connectivity index (χ1) is 5.95. The lowest BCUT2D eigenvalue weighted by atomic mass is 10.1. The van der Waals surface area contributed by atoms with Gasteiger partial charge in [-0.1, -0.05) is 29.8 Å². The molecule has 0 atom stereocenters. The van der Waals surface area contributed by atoms with E-state index in [1.807, 2.05) is 0 Å². The van der Waals surface area contributed by atoms with Crippen LogP contribution in [0.2, 0.25) is 0 Å². The van der Waals surface area contributed by atoms with Crippen molar-refractivity contribution in [1.29, 1.82) is 0 Å². The van der Waals surface area contributed by atoms with Gasteiger partial charge in [0.25, 0.3) is 0 Å². The lowest BCUT2D eigenvalue weighted by molar-refractivity contribution is 0.243. The molecule has 1 rings (SSSR count). The lowest BCUT2D eigenvalue weighted by Gasteiger charge is -2.00. The van der Waals surface area contributed by atoms with E-state index in [1.165, 1.54) is 16.7 Å². The van der Waals surface area contributed by atoms with Gasteiger partial charge in [-0.25, -0.2) is 0 Å². The minimum absolute atomic E-state index is 1.38. The summed E-state index contributed by atoms with van der Waals surface area (Å²) in [6, 6.07) is 6.38. The minimum atomic E-state index is -2.69. The Morgan fingerprint density at radius 2 is 1.38 bits per heavy atom. The third kappa shape index (κ3) is 5.58. The highest BCUT2D eigenvalue weighted by molar-refractivity contribution is 6.18. The van der Waals surface area contributed by atoms with Crippen LogP contribution in [0.1, 0.15) is 16.7 Å². The van der Waals surface area contributed by atoms with Gasteiger partial charge in [-0.15, -0.1) is 0 Å². The van der Waals surface area contributed by atoms with Crippen LogP contribution in [0.15, 0.2) is 18.2 Å². The Labute approximate surface area is 82.5 Å². The molecule has 0 aliphatic rings. The molecule has 74 valence electrons. The van der Waals surface area contributed by atoms with Crippen molar-refractivity contribution < 1.29 is 8.78 Å². The van der Waals surface area contributed by atoms with Crippen LogP contribution in [0.3, 0.4) is 0 Å². The Kier molecular flexibility index (Phi) is 5.63. The molecule has 0 bridgehead atoms. The topological polar surface area (TPSA) is 0 Å². The van der Waals surface area contributed by atoms with Crippen LogP contribution in [-0.2, 0) is 0 Å². The highest BCUT2D eigenvalue weighted by Gasteiger charge is 1.91. The Bertz CT molecular complexity index is 236. The molecule has 3 heteroatoms. The molecule has 0 aromatic heterocycles. The van der Waals surface area contributed by atoms with Crippen LogP contribution in [0.4, 0.5) is 8.78 Å². The van der Waals surface area contributed by atoms with E-state index >= 15 is 0 Å². The van der Waals surface area contributed by atoms with Crippen molar-refractivity contribution in [3.8, 4) is 0 Å². The van der Waals surface area contributed by atoms with Crippen LogP contribution >= 0.6 is 11.6 Å². The van der Waals surface area contributed by atoms with Crippen molar-refractivity contribution in [3.05, 3.63) is 34.9 Å². The lowest BCUT2D eigenvalue weighted by Crippen LogP contribution is -1.82. The number of aryl methyl sites for hydroxylation is 2. The molecule has 0 aliphatic heterocycles. The highest BCUT2D eigenvalue weighted by atomic mass is 35.5. The number of hydrogen-bond donors (Lipinski definition) is 0. The standard InChI is InChI=1S/C9H12.CHClF2/c1-7-5-4-6-8(2)9(7)3;2-1(3)4/h4-6H,1-3H3;1H. The zero-order chi connectivity index (χ0) is 10.4. The first kappa shape index (κ1) is 12.4. The average molecular weight is 207 g/mol. The van der Waals surface area contributed by atoms with Gasteiger partial charge in [-0.2, -0.15) is 8.78 Å². The molecule has 0 nitrogen and oxygen atoms in total. The molecular formula is C10H13ClF2. The predicted molar refractivity (Wildman–Crippen MR) is 52.5 cm³/mol. The zero-order valence-corrected chi connectivity index (χ0v) is 8.70. The summed E-state index contributed by atoms with van der Waals surface area (Å²) in [5, 5.41) is 0. The first-order valence-electron chi connectivity index (χ1n) is 3.90. The molecule has 13 heavy (non-hydrogen) atoms. The van der Waals surface area contributed by atoms with Crippen molar-refractivity contribution in [3.63, 3.8) is 0 Å². The Hall–Kier alpha value is -0.630. The second-order valence-electron chi connectivity index (χ2n) is 2.76. The first-order valence-corrected chi connectivity index (χ1v) is 4.34. The molecule has 0 aliphatic carbocycles. The van der Waals surface area contributed by atoms with Crippen LogP contribution in [-0.4, -0.2) is 5.88 Å². The van der Waals surface area contributed by atoms with E-state index in [9.17, 15) is 8.78 Å². The van der Waals surface area contributed by atoms with E-state index < -0.39 is 5.88 Å². The average Bonchev–Trinajstić information content (AvgIpc) is 1.99. The fraction of sp³-hybridized carbons (Fsp3) is 0.400. The molecular weight excluding hydrogens is 194 g/mol. The van der Waals surface area contributed by atoms with Crippen molar-refractivity contribution in [2.75, 3.05) is 0 Å². The SMILES string of the molecule is Cc1cccc(C)c1C.FC(F)Cl. The quantitative estimate of drug-likeness (QED) is 0.562. The Morgan fingerprint density at radius 3 is 1.62 bits per heavy atom. The van der Waals surface area contributed by atoms with Gasteiger partial charge in [0.05, 0.1) is 0 Å².